The maximum absolute atomic E-state index is 5.34. The van der Waals surface area contributed by atoms with E-state index in [0.29, 0.717) is 5.92 Å². The molecule has 1 aromatic heterocycles. The van der Waals surface area contributed by atoms with Gasteiger partial charge in [0, 0.05) is 39.3 Å². The Morgan fingerprint density at radius 2 is 2.09 bits per heavy atom. The van der Waals surface area contributed by atoms with Crippen LogP contribution in [0, 0.1) is 5.92 Å². The van der Waals surface area contributed by atoms with Gasteiger partial charge >= 0.3 is 0 Å². The van der Waals surface area contributed by atoms with E-state index in [1.54, 1.807) is 6.26 Å². The Labute approximate surface area is 134 Å². The molecule has 0 amide bonds. The molecular formula is C17H31N3O2. The van der Waals surface area contributed by atoms with Crippen LogP contribution in [0.1, 0.15) is 39.4 Å². The molecule has 5 nitrogen and oxygen atoms in total. The minimum Gasteiger partial charge on any atom is -0.469 e. The van der Waals surface area contributed by atoms with Crippen LogP contribution in [0.25, 0.3) is 0 Å². The average Bonchev–Trinajstić information content (AvgIpc) is 3.00. The molecule has 0 saturated carbocycles. The molecule has 0 bridgehead atoms. The SMILES string of the molecule is CCOCCCCNC(=NCC(C)C)NCCc1ccco1. The lowest BCUT2D eigenvalue weighted by Crippen LogP contribution is -2.39. The summed E-state index contributed by atoms with van der Waals surface area (Å²) in [4.78, 5) is 4.61. The van der Waals surface area contributed by atoms with Gasteiger partial charge in [-0.2, -0.15) is 0 Å². The largest absolute Gasteiger partial charge is 0.469 e. The highest BCUT2D eigenvalue weighted by Crippen LogP contribution is 1.99. The van der Waals surface area contributed by atoms with Crippen molar-refractivity contribution in [2.24, 2.45) is 10.9 Å². The summed E-state index contributed by atoms with van der Waals surface area (Å²) in [6, 6.07) is 3.91. The molecule has 1 aromatic rings. The first-order valence-electron chi connectivity index (χ1n) is 8.34. The molecule has 0 aliphatic rings. The first-order chi connectivity index (χ1) is 10.7. The fourth-order valence-electron chi connectivity index (χ4n) is 1.89. The van der Waals surface area contributed by atoms with Crippen LogP contribution in [0.5, 0.6) is 0 Å². The fraction of sp³-hybridized carbons (Fsp3) is 0.706. The van der Waals surface area contributed by atoms with Crippen molar-refractivity contribution in [2.75, 3.05) is 32.8 Å². The van der Waals surface area contributed by atoms with Crippen LogP contribution in [0.4, 0.5) is 0 Å². The van der Waals surface area contributed by atoms with Crippen molar-refractivity contribution in [1.82, 2.24) is 10.6 Å². The normalized spacial score (nSPS) is 11.9. The highest BCUT2D eigenvalue weighted by molar-refractivity contribution is 5.79. The van der Waals surface area contributed by atoms with Gasteiger partial charge in [-0.3, -0.25) is 4.99 Å². The molecule has 22 heavy (non-hydrogen) atoms. The average molecular weight is 309 g/mol. The minimum atomic E-state index is 0.557. The third kappa shape index (κ3) is 9.45. The number of aliphatic imine (C=N–C) groups is 1. The molecule has 0 fully saturated rings. The van der Waals surface area contributed by atoms with Crippen LogP contribution in [0.2, 0.25) is 0 Å². The van der Waals surface area contributed by atoms with E-state index in [2.05, 4.69) is 29.5 Å². The van der Waals surface area contributed by atoms with Gasteiger partial charge in [-0.25, -0.2) is 0 Å². The van der Waals surface area contributed by atoms with E-state index in [-0.39, 0.29) is 0 Å². The van der Waals surface area contributed by atoms with Gasteiger partial charge in [0.1, 0.15) is 5.76 Å². The number of nitrogens with zero attached hydrogens (tertiary/aromatic N) is 1. The lowest BCUT2D eigenvalue weighted by molar-refractivity contribution is 0.143. The maximum atomic E-state index is 5.34. The number of guanidine groups is 1. The Balaban J connectivity index is 2.24. The molecule has 0 aliphatic heterocycles. The molecule has 0 aliphatic carbocycles. The van der Waals surface area contributed by atoms with E-state index in [0.717, 1.165) is 63.8 Å². The molecule has 126 valence electrons. The van der Waals surface area contributed by atoms with E-state index in [4.69, 9.17) is 9.15 Å². The summed E-state index contributed by atoms with van der Waals surface area (Å²) in [6.07, 6.45) is 4.73. The fourth-order valence-corrected chi connectivity index (χ4v) is 1.89. The number of ether oxygens (including phenoxy) is 1. The van der Waals surface area contributed by atoms with Crippen LogP contribution in [0.15, 0.2) is 27.8 Å². The van der Waals surface area contributed by atoms with Gasteiger partial charge in [-0.15, -0.1) is 0 Å². The first kappa shape index (κ1) is 18.6. The van der Waals surface area contributed by atoms with Crippen molar-refractivity contribution in [3.63, 3.8) is 0 Å². The molecule has 1 rings (SSSR count). The maximum Gasteiger partial charge on any atom is 0.191 e. The lowest BCUT2D eigenvalue weighted by Gasteiger charge is -2.13. The van der Waals surface area contributed by atoms with E-state index >= 15 is 0 Å². The number of hydrogen-bond donors (Lipinski definition) is 2. The Bertz CT molecular complexity index is 389. The summed E-state index contributed by atoms with van der Waals surface area (Å²) in [6.45, 7) is 10.6. The first-order valence-corrected chi connectivity index (χ1v) is 8.34. The smallest absolute Gasteiger partial charge is 0.191 e. The third-order valence-electron chi connectivity index (χ3n) is 3.07. The molecule has 0 aromatic carbocycles. The number of hydrogen-bond acceptors (Lipinski definition) is 3. The van der Waals surface area contributed by atoms with Crippen molar-refractivity contribution in [3.05, 3.63) is 24.2 Å². The zero-order valence-corrected chi connectivity index (χ0v) is 14.2. The Kier molecular flexibility index (Phi) is 10.2. The standard InChI is InChI=1S/C17H31N3O2/c1-4-21-12-6-5-10-18-17(20-14-15(2)3)19-11-9-16-8-7-13-22-16/h7-8,13,15H,4-6,9-12,14H2,1-3H3,(H2,18,19,20). The second-order valence-corrected chi connectivity index (χ2v) is 5.67. The minimum absolute atomic E-state index is 0.557. The van der Waals surface area contributed by atoms with Crippen molar-refractivity contribution in [3.8, 4) is 0 Å². The quantitative estimate of drug-likeness (QED) is 0.375. The van der Waals surface area contributed by atoms with Gasteiger partial charge in [0.15, 0.2) is 5.96 Å². The van der Waals surface area contributed by atoms with Crippen LogP contribution in [0.3, 0.4) is 0 Å². The summed E-state index contributed by atoms with van der Waals surface area (Å²) in [5.41, 5.74) is 0. The third-order valence-corrected chi connectivity index (χ3v) is 3.07. The zero-order valence-electron chi connectivity index (χ0n) is 14.2. The van der Waals surface area contributed by atoms with Gasteiger partial charge in [-0.05, 0) is 37.8 Å². The molecule has 2 N–H and O–H groups in total. The molecule has 0 radical (unpaired) electrons. The van der Waals surface area contributed by atoms with Crippen molar-refractivity contribution >= 4 is 5.96 Å². The molecule has 0 atom stereocenters. The Morgan fingerprint density at radius 1 is 1.27 bits per heavy atom. The Morgan fingerprint density at radius 3 is 2.77 bits per heavy atom. The predicted octanol–water partition coefficient (Wildman–Crippen LogP) is 2.83. The van der Waals surface area contributed by atoms with Crippen LogP contribution < -0.4 is 10.6 Å². The summed E-state index contributed by atoms with van der Waals surface area (Å²) in [5, 5.41) is 6.75. The van der Waals surface area contributed by atoms with Crippen molar-refractivity contribution in [2.45, 2.75) is 40.0 Å². The molecule has 1 heterocycles. The molecule has 0 unspecified atom stereocenters. The number of nitrogens with one attached hydrogen (secondary N) is 2. The lowest BCUT2D eigenvalue weighted by atomic mass is 10.2. The van der Waals surface area contributed by atoms with Gasteiger partial charge in [0.05, 0.1) is 6.26 Å². The van der Waals surface area contributed by atoms with Gasteiger partial charge < -0.3 is 19.8 Å². The van der Waals surface area contributed by atoms with E-state index in [9.17, 15) is 0 Å². The molecule has 0 saturated heterocycles. The monoisotopic (exact) mass is 309 g/mol. The molecule has 5 heteroatoms. The number of furan rings is 1. The summed E-state index contributed by atoms with van der Waals surface area (Å²) >= 11 is 0. The zero-order chi connectivity index (χ0) is 16.0. The number of rotatable bonds is 11. The topological polar surface area (TPSA) is 58.8 Å². The molecule has 0 spiro atoms. The summed E-state index contributed by atoms with van der Waals surface area (Å²) in [5.74, 6) is 2.44. The summed E-state index contributed by atoms with van der Waals surface area (Å²) in [7, 11) is 0. The Hall–Kier alpha value is -1.49. The predicted molar refractivity (Wildman–Crippen MR) is 91.3 cm³/mol. The highest BCUT2D eigenvalue weighted by atomic mass is 16.5. The summed E-state index contributed by atoms with van der Waals surface area (Å²) < 4.78 is 10.7. The van der Waals surface area contributed by atoms with Gasteiger partial charge in [0.25, 0.3) is 0 Å². The van der Waals surface area contributed by atoms with Crippen LogP contribution in [-0.4, -0.2) is 38.8 Å². The van der Waals surface area contributed by atoms with Crippen molar-refractivity contribution < 1.29 is 9.15 Å². The number of unbranched alkanes of at least 4 members (excludes halogenated alkanes) is 1. The van der Waals surface area contributed by atoms with Gasteiger partial charge in [-0.1, -0.05) is 13.8 Å². The van der Waals surface area contributed by atoms with E-state index in [1.165, 1.54) is 0 Å². The van der Waals surface area contributed by atoms with Crippen LogP contribution in [-0.2, 0) is 11.2 Å². The second kappa shape index (κ2) is 12.1. The van der Waals surface area contributed by atoms with Crippen LogP contribution >= 0.6 is 0 Å². The van der Waals surface area contributed by atoms with E-state index < -0.39 is 0 Å². The second-order valence-electron chi connectivity index (χ2n) is 5.67. The highest BCUT2D eigenvalue weighted by Gasteiger charge is 2.01. The van der Waals surface area contributed by atoms with E-state index in [1.807, 2.05) is 19.1 Å². The van der Waals surface area contributed by atoms with Gasteiger partial charge in [0.2, 0.25) is 0 Å². The molecular weight excluding hydrogens is 278 g/mol. The van der Waals surface area contributed by atoms with Crippen molar-refractivity contribution in [1.29, 1.82) is 0 Å².